The molecule has 0 spiro atoms. The SMILES string of the molecule is CN1C[C@@H](NC(=O)Nc2ccc3c(c2)Cc2ccccc2-3)CCC1=O. The Labute approximate surface area is 147 Å². The van der Waals surface area contributed by atoms with Gasteiger partial charge in [-0.25, -0.2) is 4.79 Å². The van der Waals surface area contributed by atoms with Gasteiger partial charge in [-0.3, -0.25) is 4.79 Å². The van der Waals surface area contributed by atoms with Gasteiger partial charge in [0.2, 0.25) is 5.91 Å². The van der Waals surface area contributed by atoms with E-state index < -0.39 is 0 Å². The molecular weight excluding hydrogens is 314 g/mol. The molecule has 2 aromatic rings. The molecule has 1 saturated heterocycles. The lowest BCUT2D eigenvalue weighted by Gasteiger charge is -2.30. The van der Waals surface area contributed by atoms with Crippen LogP contribution in [0.2, 0.25) is 0 Å². The largest absolute Gasteiger partial charge is 0.344 e. The number of likely N-dealkylation sites (N-methyl/N-ethyl adjacent to an activating group) is 1. The Hall–Kier alpha value is -2.82. The molecule has 1 aliphatic carbocycles. The molecule has 25 heavy (non-hydrogen) atoms. The molecule has 1 aliphatic heterocycles. The van der Waals surface area contributed by atoms with Crippen LogP contribution in [0.25, 0.3) is 11.1 Å². The van der Waals surface area contributed by atoms with Gasteiger partial charge in [0.1, 0.15) is 0 Å². The van der Waals surface area contributed by atoms with Crippen molar-refractivity contribution in [2.24, 2.45) is 0 Å². The smallest absolute Gasteiger partial charge is 0.319 e. The van der Waals surface area contributed by atoms with E-state index in [0.717, 1.165) is 12.1 Å². The lowest BCUT2D eigenvalue weighted by Crippen LogP contribution is -2.49. The number of fused-ring (bicyclic) bond motifs is 3. The minimum atomic E-state index is -0.219. The average molecular weight is 335 g/mol. The molecule has 128 valence electrons. The molecule has 5 nitrogen and oxygen atoms in total. The lowest BCUT2D eigenvalue weighted by molar-refractivity contribution is -0.132. The van der Waals surface area contributed by atoms with Crippen molar-refractivity contribution in [1.29, 1.82) is 0 Å². The van der Waals surface area contributed by atoms with Gasteiger partial charge < -0.3 is 15.5 Å². The van der Waals surface area contributed by atoms with E-state index in [0.29, 0.717) is 19.4 Å². The second-order valence-corrected chi connectivity index (χ2v) is 6.81. The highest BCUT2D eigenvalue weighted by molar-refractivity contribution is 5.91. The summed E-state index contributed by atoms with van der Waals surface area (Å²) in [6.07, 6.45) is 2.08. The van der Waals surface area contributed by atoms with Gasteiger partial charge in [0, 0.05) is 31.7 Å². The molecule has 2 N–H and O–H groups in total. The zero-order valence-electron chi connectivity index (χ0n) is 14.2. The summed E-state index contributed by atoms with van der Waals surface area (Å²) >= 11 is 0. The van der Waals surface area contributed by atoms with Gasteiger partial charge >= 0.3 is 6.03 Å². The number of rotatable bonds is 2. The third-order valence-corrected chi connectivity index (χ3v) is 5.01. The predicted molar refractivity (Wildman–Crippen MR) is 97.5 cm³/mol. The van der Waals surface area contributed by atoms with E-state index in [-0.39, 0.29) is 18.0 Å². The maximum absolute atomic E-state index is 12.3. The number of carbonyl (C=O) groups is 2. The lowest BCUT2D eigenvalue weighted by atomic mass is 10.1. The van der Waals surface area contributed by atoms with Gasteiger partial charge in [0.05, 0.1) is 0 Å². The van der Waals surface area contributed by atoms with Crippen LogP contribution in [0.4, 0.5) is 10.5 Å². The molecular formula is C20H21N3O2. The molecule has 1 atom stereocenters. The van der Waals surface area contributed by atoms with Gasteiger partial charge in [0.25, 0.3) is 0 Å². The van der Waals surface area contributed by atoms with Gasteiger partial charge in [-0.1, -0.05) is 30.3 Å². The number of hydrogen-bond donors (Lipinski definition) is 2. The molecule has 4 rings (SSSR count). The number of piperidine rings is 1. The molecule has 0 bridgehead atoms. The number of urea groups is 1. The Morgan fingerprint density at radius 1 is 1.12 bits per heavy atom. The predicted octanol–water partition coefficient (Wildman–Crippen LogP) is 3.00. The molecule has 0 unspecified atom stereocenters. The van der Waals surface area contributed by atoms with Crippen molar-refractivity contribution in [3.8, 4) is 11.1 Å². The monoisotopic (exact) mass is 335 g/mol. The topological polar surface area (TPSA) is 61.4 Å². The highest BCUT2D eigenvalue weighted by Crippen LogP contribution is 2.37. The van der Waals surface area contributed by atoms with E-state index in [1.54, 1.807) is 11.9 Å². The second-order valence-electron chi connectivity index (χ2n) is 6.81. The minimum Gasteiger partial charge on any atom is -0.344 e. The molecule has 0 radical (unpaired) electrons. The Bertz CT molecular complexity index is 847. The van der Waals surface area contributed by atoms with Crippen LogP contribution in [0.5, 0.6) is 0 Å². The van der Waals surface area contributed by atoms with E-state index in [4.69, 9.17) is 0 Å². The van der Waals surface area contributed by atoms with E-state index in [1.807, 2.05) is 12.1 Å². The summed E-state index contributed by atoms with van der Waals surface area (Å²) < 4.78 is 0. The molecule has 5 heteroatoms. The first-order valence-corrected chi connectivity index (χ1v) is 8.63. The summed E-state index contributed by atoms with van der Waals surface area (Å²) in [6.45, 7) is 0.561. The van der Waals surface area contributed by atoms with Gasteiger partial charge in [-0.15, -0.1) is 0 Å². The number of nitrogens with one attached hydrogen (secondary N) is 2. The molecule has 2 aliphatic rings. The summed E-state index contributed by atoms with van der Waals surface area (Å²) in [4.78, 5) is 25.4. The summed E-state index contributed by atoms with van der Waals surface area (Å²) in [5.74, 6) is 0.136. The standard InChI is InChI=1S/C20H21N3O2/c1-23-12-16(7-9-19(23)24)22-20(25)21-15-6-8-18-14(11-15)10-13-4-2-3-5-17(13)18/h2-6,8,11,16H,7,9-10,12H2,1H3,(H2,21,22,25)/t16-/m0/s1. The van der Waals surface area contributed by atoms with Crippen molar-refractivity contribution in [1.82, 2.24) is 10.2 Å². The van der Waals surface area contributed by atoms with Crippen LogP contribution in [0, 0.1) is 0 Å². The Balaban J connectivity index is 1.41. The number of amides is 3. The van der Waals surface area contributed by atoms with Crippen LogP contribution in [0.15, 0.2) is 42.5 Å². The number of anilines is 1. The zero-order chi connectivity index (χ0) is 17.4. The third-order valence-electron chi connectivity index (χ3n) is 5.01. The number of carbonyl (C=O) groups excluding carboxylic acids is 2. The minimum absolute atomic E-state index is 0.00128. The zero-order valence-corrected chi connectivity index (χ0v) is 14.2. The third kappa shape index (κ3) is 3.09. The number of nitrogens with zero attached hydrogens (tertiary/aromatic N) is 1. The van der Waals surface area contributed by atoms with Crippen LogP contribution in [-0.4, -0.2) is 36.5 Å². The summed E-state index contributed by atoms with van der Waals surface area (Å²) in [6, 6.07) is 14.2. The van der Waals surface area contributed by atoms with Crippen LogP contribution in [0.3, 0.4) is 0 Å². The molecule has 2 aromatic carbocycles. The first-order chi connectivity index (χ1) is 12.1. The molecule has 1 fully saturated rings. The first kappa shape index (κ1) is 15.7. The number of likely N-dealkylation sites (tertiary alicyclic amines) is 1. The maximum atomic E-state index is 12.3. The van der Waals surface area contributed by atoms with Crippen molar-refractivity contribution < 1.29 is 9.59 Å². The van der Waals surface area contributed by atoms with Gasteiger partial charge in [-0.2, -0.15) is 0 Å². The number of hydrogen-bond acceptors (Lipinski definition) is 2. The first-order valence-electron chi connectivity index (χ1n) is 8.63. The molecule has 1 heterocycles. The summed E-state index contributed by atoms with van der Waals surface area (Å²) in [7, 11) is 1.77. The Morgan fingerprint density at radius 3 is 2.76 bits per heavy atom. The fourth-order valence-corrected chi connectivity index (χ4v) is 3.71. The fraction of sp³-hybridized carbons (Fsp3) is 0.300. The van der Waals surface area contributed by atoms with E-state index in [1.165, 1.54) is 22.3 Å². The van der Waals surface area contributed by atoms with Crippen LogP contribution in [-0.2, 0) is 11.2 Å². The summed E-state index contributed by atoms with van der Waals surface area (Å²) in [5, 5.41) is 5.88. The highest BCUT2D eigenvalue weighted by Gasteiger charge is 2.24. The molecule has 3 amide bonds. The van der Waals surface area contributed by atoms with Crippen molar-refractivity contribution in [2.75, 3.05) is 18.9 Å². The van der Waals surface area contributed by atoms with E-state index >= 15 is 0 Å². The second kappa shape index (κ2) is 6.24. The fourth-order valence-electron chi connectivity index (χ4n) is 3.71. The Kier molecular flexibility index (Phi) is 3.92. The van der Waals surface area contributed by atoms with Gasteiger partial charge in [-0.05, 0) is 47.2 Å². The van der Waals surface area contributed by atoms with Crippen molar-refractivity contribution >= 4 is 17.6 Å². The molecule has 0 aromatic heterocycles. The Morgan fingerprint density at radius 2 is 1.92 bits per heavy atom. The van der Waals surface area contributed by atoms with Crippen molar-refractivity contribution in [2.45, 2.75) is 25.3 Å². The van der Waals surface area contributed by atoms with E-state index in [2.05, 4.69) is 41.0 Å². The normalized spacial score (nSPS) is 18.5. The van der Waals surface area contributed by atoms with Crippen LogP contribution in [0.1, 0.15) is 24.0 Å². The molecule has 0 saturated carbocycles. The van der Waals surface area contributed by atoms with Crippen molar-refractivity contribution in [3.05, 3.63) is 53.6 Å². The van der Waals surface area contributed by atoms with Crippen LogP contribution < -0.4 is 10.6 Å². The quantitative estimate of drug-likeness (QED) is 0.756. The van der Waals surface area contributed by atoms with Crippen molar-refractivity contribution in [3.63, 3.8) is 0 Å². The maximum Gasteiger partial charge on any atom is 0.319 e. The summed E-state index contributed by atoms with van der Waals surface area (Å²) in [5.41, 5.74) is 5.89. The van der Waals surface area contributed by atoms with E-state index in [9.17, 15) is 9.59 Å². The van der Waals surface area contributed by atoms with Crippen LogP contribution >= 0.6 is 0 Å². The number of benzene rings is 2. The highest BCUT2D eigenvalue weighted by atomic mass is 16.2. The van der Waals surface area contributed by atoms with Gasteiger partial charge in [0.15, 0.2) is 0 Å². The average Bonchev–Trinajstić information content (AvgIpc) is 2.96.